The van der Waals surface area contributed by atoms with Crippen LogP contribution in [0.15, 0.2) is 66.7 Å². The fourth-order valence-corrected chi connectivity index (χ4v) is 5.72. The molecule has 2 saturated heterocycles. The van der Waals surface area contributed by atoms with Gasteiger partial charge in [0.2, 0.25) is 5.91 Å². The zero-order valence-electron chi connectivity index (χ0n) is 23.8. The number of amides is 2. The van der Waals surface area contributed by atoms with Crippen LogP contribution in [0.5, 0.6) is 0 Å². The highest BCUT2D eigenvalue weighted by Crippen LogP contribution is 2.37. The van der Waals surface area contributed by atoms with Gasteiger partial charge in [0.1, 0.15) is 5.69 Å². The van der Waals surface area contributed by atoms with Crippen LogP contribution in [0.3, 0.4) is 0 Å². The van der Waals surface area contributed by atoms with Gasteiger partial charge >= 0.3 is 0 Å². The topological polar surface area (TPSA) is 90.1 Å². The second-order valence-electron chi connectivity index (χ2n) is 12.3. The van der Waals surface area contributed by atoms with Crippen LogP contribution in [-0.4, -0.2) is 53.1 Å². The number of nitrogens with zero attached hydrogens (tertiary/aromatic N) is 2. The summed E-state index contributed by atoms with van der Waals surface area (Å²) in [6.45, 7) is 9.37. The van der Waals surface area contributed by atoms with Crippen LogP contribution in [0.4, 0.5) is 5.69 Å². The van der Waals surface area contributed by atoms with Gasteiger partial charge in [-0.05, 0) is 61.2 Å². The summed E-state index contributed by atoms with van der Waals surface area (Å²) in [5.74, 6) is 6.58. The second kappa shape index (κ2) is 10.5. The van der Waals surface area contributed by atoms with Crippen molar-refractivity contribution in [2.24, 2.45) is 10.8 Å². The average Bonchev–Trinajstić information content (AvgIpc) is 3.37. The first kappa shape index (κ1) is 26.8. The molecule has 0 aliphatic carbocycles. The lowest BCUT2D eigenvalue weighted by Crippen LogP contribution is -2.63. The minimum absolute atomic E-state index is 0.0494. The molecule has 0 saturated carbocycles. The van der Waals surface area contributed by atoms with Crippen LogP contribution >= 0.6 is 0 Å². The number of aromatic nitrogens is 2. The fourth-order valence-electron chi connectivity index (χ4n) is 5.72. The number of aromatic amines is 1. The third-order valence-corrected chi connectivity index (χ3v) is 8.10. The molecule has 2 aliphatic rings. The van der Waals surface area contributed by atoms with E-state index < -0.39 is 5.41 Å². The van der Waals surface area contributed by atoms with Crippen molar-refractivity contribution >= 4 is 28.4 Å². The first-order valence-electron chi connectivity index (χ1n) is 14.2. The monoisotopic (exact) mass is 545 g/mol. The van der Waals surface area contributed by atoms with Gasteiger partial charge in [0, 0.05) is 58.2 Å². The van der Waals surface area contributed by atoms with Gasteiger partial charge in [-0.15, -0.1) is 0 Å². The van der Waals surface area contributed by atoms with Gasteiger partial charge in [0.25, 0.3) is 5.91 Å². The van der Waals surface area contributed by atoms with Gasteiger partial charge in [-0.1, -0.05) is 63.1 Å². The normalized spacial score (nSPS) is 16.1. The largest absolute Gasteiger partial charge is 0.337 e. The number of fused-ring (bicyclic) bond motifs is 1. The van der Waals surface area contributed by atoms with Crippen molar-refractivity contribution in [1.82, 2.24) is 20.4 Å². The molecule has 7 nitrogen and oxygen atoms in total. The first-order valence-corrected chi connectivity index (χ1v) is 14.2. The number of anilines is 1. The Balaban J connectivity index is 1.27. The summed E-state index contributed by atoms with van der Waals surface area (Å²) in [6.07, 6.45) is 2.35. The number of carbonyl (C=O) groups excluding carboxylic acids is 2. The Morgan fingerprint density at radius 1 is 0.976 bits per heavy atom. The Kier molecular flexibility index (Phi) is 6.88. The van der Waals surface area contributed by atoms with E-state index in [4.69, 9.17) is 0 Å². The molecule has 0 radical (unpaired) electrons. The molecule has 1 spiro atoms. The third kappa shape index (κ3) is 5.36. The zero-order chi connectivity index (χ0) is 28.6. The molecule has 7 heteroatoms. The summed E-state index contributed by atoms with van der Waals surface area (Å²) >= 11 is 0. The lowest BCUT2D eigenvalue weighted by Gasteiger charge is -2.52. The van der Waals surface area contributed by atoms with Crippen LogP contribution in [-0.2, 0) is 4.79 Å². The molecule has 1 aromatic heterocycles. The van der Waals surface area contributed by atoms with Gasteiger partial charge in [-0.2, -0.15) is 5.10 Å². The molecular weight excluding hydrogens is 510 g/mol. The van der Waals surface area contributed by atoms with Crippen molar-refractivity contribution in [3.63, 3.8) is 0 Å². The summed E-state index contributed by atoms with van der Waals surface area (Å²) < 4.78 is 0. The van der Waals surface area contributed by atoms with Crippen molar-refractivity contribution in [2.45, 2.75) is 33.6 Å². The number of carbonyl (C=O) groups is 2. The van der Waals surface area contributed by atoms with Gasteiger partial charge in [0.05, 0.1) is 5.52 Å². The molecule has 2 aliphatic heterocycles. The molecule has 41 heavy (non-hydrogen) atoms. The SMILES string of the molecule is CC(C)(C)C(=O)Nc1ccccc1-c1ccccc1C#Cc1[nH]nc2ccc(C(=O)N3CC4(CCCNC4)C3)cc12. The summed E-state index contributed by atoms with van der Waals surface area (Å²) in [6, 6.07) is 21.3. The standard InChI is InChI=1S/C34H35N5O2/c1-33(2,3)32(41)36-28-12-7-6-11-26(28)25-10-5-4-9-23(25)13-15-29-27-19-24(14-16-30(27)38-37-29)31(40)39-21-34(22-39)17-8-18-35-20-34/h4-7,9-12,14,16,19,35H,8,17-18,20-22H2,1-3H3,(H,36,41)(H,37,38). The summed E-state index contributed by atoms with van der Waals surface area (Å²) in [4.78, 5) is 28.0. The Labute approximate surface area is 240 Å². The van der Waals surface area contributed by atoms with Crippen molar-refractivity contribution < 1.29 is 9.59 Å². The molecule has 2 amide bonds. The van der Waals surface area contributed by atoms with E-state index in [9.17, 15) is 9.59 Å². The van der Waals surface area contributed by atoms with Crippen LogP contribution in [0, 0.1) is 22.7 Å². The molecule has 3 aromatic carbocycles. The Morgan fingerprint density at radius 3 is 2.49 bits per heavy atom. The second-order valence-corrected chi connectivity index (χ2v) is 12.3. The molecule has 4 aromatic rings. The minimum Gasteiger partial charge on any atom is -0.337 e. The quantitative estimate of drug-likeness (QED) is 0.299. The Morgan fingerprint density at radius 2 is 1.73 bits per heavy atom. The van der Waals surface area contributed by atoms with E-state index in [1.165, 1.54) is 12.8 Å². The number of benzene rings is 3. The van der Waals surface area contributed by atoms with Gasteiger partial charge < -0.3 is 15.5 Å². The molecule has 3 N–H and O–H groups in total. The molecule has 0 bridgehead atoms. The molecule has 0 unspecified atom stereocenters. The van der Waals surface area contributed by atoms with Gasteiger partial charge in [-0.3, -0.25) is 14.7 Å². The predicted molar refractivity (Wildman–Crippen MR) is 162 cm³/mol. The van der Waals surface area contributed by atoms with E-state index in [1.54, 1.807) is 0 Å². The van der Waals surface area contributed by atoms with Crippen LogP contribution in [0.1, 0.15) is 55.2 Å². The fraction of sp³-hybridized carbons (Fsp3) is 0.324. The van der Waals surface area contributed by atoms with E-state index in [2.05, 4.69) is 32.7 Å². The smallest absolute Gasteiger partial charge is 0.253 e. The van der Waals surface area contributed by atoms with Gasteiger partial charge in [-0.25, -0.2) is 0 Å². The number of para-hydroxylation sites is 1. The number of hydrogen-bond acceptors (Lipinski definition) is 4. The van der Waals surface area contributed by atoms with Crippen LogP contribution in [0.25, 0.3) is 22.0 Å². The number of nitrogens with one attached hydrogen (secondary N) is 3. The third-order valence-electron chi connectivity index (χ3n) is 8.10. The molecule has 208 valence electrons. The maximum atomic E-state index is 13.3. The molecule has 6 rings (SSSR count). The summed E-state index contributed by atoms with van der Waals surface area (Å²) in [7, 11) is 0. The lowest BCUT2D eigenvalue weighted by molar-refractivity contribution is -0.123. The molecule has 0 atom stereocenters. The first-order chi connectivity index (χ1) is 19.7. The van der Waals surface area contributed by atoms with E-state index in [-0.39, 0.29) is 17.2 Å². The van der Waals surface area contributed by atoms with E-state index >= 15 is 0 Å². The minimum atomic E-state index is -0.515. The molecule has 2 fully saturated rings. The predicted octanol–water partition coefficient (Wildman–Crippen LogP) is 5.44. The number of H-pyrrole nitrogens is 1. The summed E-state index contributed by atoms with van der Waals surface area (Å²) in [5, 5.41) is 14.9. The number of hydrogen-bond donors (Lipinski definition) is 3. The van der Waals surface area contributed by atoms with Crippen molar-refractivity contribution in [3.05, 3.63) is 83.6 Å². The maximum Gasteiger partial charge on any atom is 0.253 e. The zero-order valence-corrected chi connectivity index (χ0v) is 23.8. The Hall–Kier alpha value is -4.41. The summed E-state index contributed by atoms with van der Waals surface area (Å²) in [5.41, 5.74) is 5.21. The van der Waals surface area contributed by atoms with E-state index in [1.807, 2.05) is 92.4 Å². The molecule has 3 heterocycles. The number of likely N-dealkylation sites (tertiary alicyclic amines) is 1. The number of rotatable bonds is 3. The van der Waals surface area contributed by atoms with Gasteiger partial charge in [0.15, 0.2) is 0 Å². The van der Waals surface area contributed by atoms with Crippen molar-refractivity contribution in [2.75, 3.05) is 31.5 Å². The molecular formula is C34H35N5O2. The highest BCUT2D eigenvalue weighted by molar-refractivity contribution is 6.00. The van der Waals surface area contributed by atoms with Crippen molar-refractivity contribution in [3.8, 4) is 23.0 Å². The van der Waals surface area contributed by atoms with Crippen molar-refractivity contribution in [1.29, 1.82) is 0 Å². The van der Waals surface area contributed by atoms with E-state index in [0.717, 1.165) is 59.5 Å². The average molecular weight is 546 g/mol. The Bertz CT molecular complexity index is 1690. The maximum absolute atomic E-state index is 13.3. The number of piperidine rings is 1. The van der Waals surface area contributed by atoms with Crippen LogP contribution in [0.2, 0.25) is 0 Å². The van der Waals surface area contributed by atoms with E-state index in [0.29, 0.717) is 11.3 Å². The highest BCUT2D eigenvalue weighted by atomic mass is 16.2. The lowest BCUT2D eigenvalue weighted by atomic mass is 9.74. The van der Waals surface area contributed by atoms with Crippen LogP contribution < -0.4 is 10.6 Å². The highest BCUT2D eigenvalue weighted by Gasteiger charge is 2.45.